The molecule has 212 valence electrons. The maximum atomic E-state index is 6.09. The van der Waals surface area contributed by atoms with Crippen LogP contribution in [0.1, 0.15) is 0 Å². The van der Waals surface area contributed by atoms with Gasteiger partial charge in [-0.3, -0.25) is 0 Å². The van der Waals surface area contributed by atoms with Gasteiger partial charge in [-0.25, -0.2) is 0 Å². The highest BCUT2D eigenvalue weighted by atomic mass is 32.1. The van der Waals surface area contributed by atoms with Crippen LogP contribution < -0.4 is 4.90 Å². The van der Waals surface area contributed by atoms with E-state index in [9.17, 15) is 0 Å². The molecule has 3 heteroatoms. The van der Waals surface area contributed by atoms with Crippen molar-refractivity contribution in [1.29, 1.82) is 0 Å². The monoisotopic (exact) mass is 593 g/mol. The summed E-state index contributed by atoms with van der Waals surface area (Å²) in [5.74, 6) is 0. The summed E-state index contributed by atoms with van der Waals surface area (Å²) in [7, 11) is 0. The van der Waals surface area contributed by atoms with E-state index < -0.39 is 0 Å². The van der Waals surface area contributed by atoms with Gasteiger partial charge in [-0.05, 0) is 89.0 Å². The van der Waals surface area contributed by atoms with E-state index in [0.717, 1.165) is 39.0 Å². The second-order valence-corrected chi connectivity index (χ2v) is 12.4. The standard InChI is InChI=1S/C42H27NOS/c1-3-12-31(13-4-1)43(32-14-5-2-6-15-32)33-16-9-11-30(25-33)34-18-10-19-36-38-27-29(22-24-41(38)45-42(34)36)28-21-23-40-37(26-28)35-17-7-8-20-39(35)44-40/h1-27H. The number of rotatable bonds is 5. The number of benzene rings is 7. The topological polar surface area (TPSA) is 16.4 Å². The molecule has 0 bridgehead atoms. The fraction of sp³-hybridized carbons (Fsp3) is 0. The quantitative estimate of drug-likeness (QED) is 0.197. The first-order chi connectivity index (χ1) is 22.3. The van der Waals surface area contributed by atoms with Gasteiger partial charge in [0, 0.05) is 48.0 Å². The Hall–Kier alpha value is -5.64. The molecule has 9 aromatic rings. The Kier molecular flexibility index (Phi) is 6.03. The average Bonchev–Trinajstić information content (AvgIpc) is 3.67. The molecule has 2 aromatic heterocycles. The van der Waals surface area contributed by atoms with E-state index in [4.69, 9.17) is 4.42 Å². The number of nitrogens with zero attached hydrogens (tertiary/aromatic N) is 1. The van der Waals surface area contributed by atoms with Gasteiger partial charge in [0.25, 0.3) is 0 Å². The number of hydrogen-bond donors (Lipinski definition) is 0. The summed E-state index contributed by atoms with van der Waals surface area (Å²) < 4.78 is 8.69. The minimum absolute atomic E-state index is 0.923. The Bertz CT molecular complexity index is 2450. The first-order valence-corrected chi connectivity index (χ1v) is 16.0. The third-order valence-corrected chi connectivity index (χ3v) is 9.87. The second-order valence-electron chi connectivity index (χ2n) is 11.4. The zero-order chi connectivity index (χ0) is 29.7. The first-order valence-electron chi connectivity index (χ1n) is 15.2. The van der Waals surface area contributed by atoms with Gasteiger partial charge in [0.1, 0.15) is 11.2 Å². The molecule has 9 rings (SSSR count). The third-order valence-electron chi connectivity index (χ3n) is 8.65. The van der Waals surface area contributed by atoms with Crippen LogP contribution >= 0.6 is 11.3 Å². The van der Waals surface area contributed by atoms with Crippen LogP contribution in [-0.4, -0.2) is 0 Å². The Balaban J connectivity index is 1.16. The summed E-state index contributed by atoms with van der Waals surface area (Å²) in [6.45, 7) is 0. The minimum atomic E-state index is 0.923. The molecular weight excluding hydrogens is 567 g/mol. The van der Waals surface area contributed by atoms with Crippen LogP contribution in [0.4, 0.5) is 17.1 Å². The van der Waals surface area contributed by atoms with Gasteiger partial charge < -0.3 is 9.32 Å². The second kappa shape index (κ2) is 10.5. The lowest BCUT2D eigenvalue weighted by Gasteiger charge is -2.26. The minimum Gasteiger partial charge on any atom is -0.456 e. The molecule has 2 nitrogen and oxygen atoms in total. The molecule has 0 saturated heterocycles. The van der Waals surface area contributed by atoms with Gasteiger partial charge in [-0.1, -0.05) is 97.1 Å². The Morgan fingerprint density at radius 3 is 1.82 bits per heavy atom. The van der Waals surface area contributed by atoms with Crippen LogP contribution in [0.2, 0.25) is 0 Å². The van der Waals surface area contributed by atoms with Crippen molar-refractivity contribution in [3.05, 3.63) is 164 Å². The largest absolute Gasteiger partial charge is 0.456 e. The summed E-state index contributed by atoms with van der Waals surface area (Å²) in [6, 6.07) is 58.4. The number of thiophene rings is 1. The van der Waals surface area contributed by atoms with Crippen molar-refractivity contribution in [3.63, 3.8) is 0 Å². The number of furan rings is 1. The van der Waals surface area contributed by atoms with Crippen LogP contribution in [0.25, 0.3) is 64.4 Å². The zero-order valence-electron chi connectivity index (χ0n) is 24.4. The maximum absolute atomic E-state index is 6.09. The Morgan fingerprint density at radius 1 is 0.400 bits per heavy atom. The highest BCUT2D eigenvalue weighted by Gasteiger charge is 2.16. The predicted octanol–water partition coefficient (Wildman–Crippen LogP) is 12.8. The SMILES string of the molecule is c1ccc(N(c2ccccc2)c2cccc(-c3cccc4c3sc3ccc(-c5ccc6oc7ccccc7c6c5)cc34)c2)cc1. The van der Waals surface area contributed by atoms with E-state index >= 15 is 0 Å². The molecule has 0 unspecified atom stereocenters. The lowest BCUT2D eigenvalue weighted by atomic mass is 9.99. The maximum Gasteiger partial charge on any atom is 0.135 e. The van der Waals surface area contributed by atoms with Crippen molar-refractivity contribution >= 4 is 70.5 Å². The summed E-state index contributed by atoms with van der Waals surface area (Å²) in [5, 5.41) is 4.89. The molecule has 0 aliphatic heterocycles. The molecule has 0 spiro atoms. The predicted molar refractivity (Wildman–Crippen MR) is 192 cm³/mol. The highest BCUT2D eigenvalue weighted by molar-refractivity contribution is 7.26. The van der Waals surface area contributed by atoms with Crippen LogP contribution in [0, 0.1) is 0 Å². The van der Waals surface area contributed by atoms with E-state index in [1.54, 1.807) is 0 Å². The summed E-state index contributed by atoms with van der Waals surface area (Å²) >= 11 is 1.87. The average molecular weight is 594 g/mol. The molecule has 7 aromatic carbocycles. The van der Waals surface area contributed by atoms with Crippen molar-refractivity contribution in [2.45, 2.75) is 0 Å². The first kappa shape index (κ1) is 25.8. The number of para-hydroxylation sites is 3. The highest BCUT2D eigenvalue weighted by Crippen LogP contribution is 2.43. The van der Waals surface area contributed by atoms with Crippen molar-refractivity contribution < 1.29 is 4.42 Å². The molecule has 0 aliphatic rings. The van der Waals surface area contributed by atoms with Gasteiger partial charge in [0.05, 0.1) is 0 Å². The van der Waals surface area contributed by atoms with E-state index in [-0.39, 0.29) is 0 Å². The van der Waals surface area contributed by atoms with Gasteiger partial charge in [0.15, 0.2) is 0 Å². The number of anilines is 3. The molecule has 45 heavy (non-hydrogen) atoms. The molecule has 0 radical (unpaired) electrons. The zero-order valence-corrected chi connectivity index (χ0v) is 25.2. The molecule has 0 N–H and O–H groups in total. The van der Waals surface area contributed by atoms with Gasteiger partial charge >= 0.3 is 0 Å². The molecule has 0 amide bonds. The smallest absolute Gasteiger partial charge is 0.135 e. The number of hydrogen-bond acceptors (Lipinski definition) is 3. The molecule has 0 fully saturated rings. The molecule has 2 heterocycles. The lowest BCUT2D eigenvalue weighted by molar-refractivity contribution is 0.669. The lowest BCUT2D eigenvalue weighted by Crippen LogP contribution is -2.09. The van der Waals surface area contributed by atoms with E-state index in [0.29, 0.717) is 0 Å². The van der Waals surface area contributed by atoms with Gasteiger partial charge in [-0.2, -0.15) is 0 Å². The fourth-order valence-corrected chi connectivity index (χ4v) is 7.74. The van der Waals surface area contributed by atoms with E-state index in [2.05, 4.69) is 157 Å². The van der Waals surface area contributed by atoms with Crippen molar-refractivity contribution in [3.8, 4) is 22.3 Å². The molecule has 0 saturated carbocycles. The Morgan fingerprint density at radius 2 is 1.02 bits per heavy atom. The third kappa shape index (κ3) is 4.40. The van der Waals surface area contributed by atoms with Crippen molar-refractivity contribution in [2.75, 3.05) is 4.90 Å². The normalized spacial score (nSPS) is 11.6. The summed E-state index contributed by atoms with van der Waals surface area (Å²) in [6.07, 6.45) is 0. The van der Waals surface area contributed by atoms with Crippen LogP contribution in [-0.2, 0) is 0 Å². The summed E-state index contributed by atoms with van der Waals surface area (Å²) in [4.78, 5) is 2.32. The van der Waals surface area contributed by atoms with E-state index in [1.807, 2.05) is 23.5 Å². The van der Waals surface area contributed by atoms with Crippen LogP contribution in [0.3, 0.4) is 0 Å². The molecule has 0 aliphatic carbocycles. The van der Waals surface area contributed by atoms with Crippen LogP contribution in [0.15, 0.2) is 168 Å². The van der Waals surface area contributed by atoms with Gasteiger partial charge in [-0.15, -0.1) is 11.3 Å². The molecular formula is C42H27NOS. The van der Waals surface area contributed by atoms with E-state index in [1.165, 1.54) is 42.4 Å². The van der Waals surface area contributed by atoms with Crippen molar-refractivity contribution in [2.24, 2.45) is 0 Å². The van der Waals surface area contributed by atoms with Crippen molar-refractivity contribution in [1.82, 2.24) is 0 Å². The Labute approximate surface area is 265 Å². The summed E-state index contributed by atoms with van der Waals surface area (Å²) in [5.41, 5.74) is 10.1. The van der Waals surface area contributed by atoms with Gasteiger partial charge in [0.2, 0.25) is 0 Å². The molecule has 0 atom stereocenters. The number of fused-ring (bicyclic) bond motifs is 6. The van der Waals surface area contributed by atoms with Crippen LogP contribution in [0.5, 0.6) is 0 Å². The fourth-order valence-electron chi connectivity index (χ4n) is 6.52.